The fourth-order valence-electron chi connectivity index (χ4n) is 2.73. The first kappa shape index (κ1) is 24.8. The molecule has 1 amide bonds. The lowest BCUT2D eigenvalue weighted by molar-refractivity contribution is -0.160. The molecular weight excluding hydrogens is 374 g/mol. The zero-order valence-electron chi connectivity index (χ0n) is 18.7. The van der Waals surface area contributed by atoms with E-state index in [1.165, 1.54) is 12.0 Å². The molecule has 0 fully saturated rings. The van der Waals surface area contributed by atoms with Crippen LogP contribution in [0.2, 0.25) is 0 Å². The SMILES string of the molecule is CCCCOC(=O)[C@](C)(Cc1ccc(OC)cc1)N(COC)C(=O)OC(C)(C)C. The average molecular weight is 410 g/mol. The van der Waals surface area contributed by atoms with Gasteiger partial charge in [0.1, 0.15) is 23.6 Å². The highest BCUT2D eigenvalue weighted by Crippen LogP contribution is 2.27. The number of amides is 1. The molecule has 0 heterocycles. The third-order valence-corrected chi connectivity index (χ3v) is 4.35. The van der Waals surface area contributed by atoms with Crippen molar-refractivity contribution in [2.45, 2.75) is 65.0 Å². The molecule has 1 atom stereocenters. The molecular formula is C22H35NO6. The van der Waals surface area contributed by atoms with E-state index >= 15 is 0 Å². The molecule has 0 saturated heterocycles. The number of ether oxygens (including phenoxy) is 4. The molecule has 0 aliphatic rings. The van der Waals surface area contributed by atoms with Crippen molar-refractivity contribution in [3.05, 3.63) is 29.8 Å². The number of carbonyl (C=O) groups is 2. The molecule has 0 radical (unpaired) electrons. The van der Waals surface area contributed by atoms with E-state index < -0.39 is 23.2 Å². The number of carbonyl (C=O) groups excluding carboxylic acids is 2. The van der Waals surface area contributed by atoms with Crippen molar-refractivity contribution < 1.29 is 28.5 Å². The molecule has 1 aromatic carbocycles. The zero-order chi connectivity index (χ0) is 22.1. The van der Waals surface area contributed by atoms with Gasteiger partial charge in [0.25, 0.3) is 0 Å². The Morgan fingerprint density at radius 2 is 1.66 bits per heavy atom. The van der Waals surface area contributed by atoms with Gasteiger partial charge in [-0.15, -0.1) is 0 Å². The molecule has 164 valence electrons. The highest BCUT2D eigenvalue weighted by Gasteiger charge is 2.45. The Kier molecular flexibility index (Phi) is 9.43. The minimum absolute atomic E-state index is 0.107. The Morgan fingerprint density at radius 3 is 2.14 bits per heavy atom. The third-order valence-electron chi connectivity index (χ3n) is 4.35. The molecule has 29 heavy (non-hydrogen) atoms. The topological polar surface area (TPSA) is 74.3 Å². The molecule has 7 nitrogen and oxygen atoms in total. The van der Waals surface area contributed by atoms with Crippen molar-refractivity contribution in [2.24, 2.45) is 0 Å². The van der Waals surface area contributed by atoms with Gasteiger partial charge in [0.2, 0.25) is 0 Å². The van der Waals surface area contributed by atoms with Gasteiger partial charge >= 0.3 is 12.1 Å². The van der Waals surface area contributed by atoms with Crippen LogP contribution in [0.3, 0.4) is 0 Å². The Bertz CT molecular complexity index is 652. The lowest BCUT2D eigenvalue weighted by Gasteiger charge is -2.39. The first-order valence-electron chi connectivity index (χ1n) is 9.87. The number of benzene rings is 1. The van der Waals surface area contributed by atoms with Crippen LogP contribution < -0.4 is 4.74 Å². The molecule has 7 heteroatoms. The molecule has 1 aromatic rings. The molecule has 0 saturated carbocycles. The zero-order valence-corrected chi connectivity index (χ0v) is 18.7. The summed E-state index contributed by atoms with van der Waals surface area (Å²) in [5.41, 5.74) is -1.16. The maximum atomic E-state index is 13.1. The summed E-state index contributed by atoms with van der Waals surface area (Å²) in [5, 5.41) is 0. The maximum Gasteiger partial charge on any atom is 0.413 e. The van der Waals surface area contributed by atoms with Crippen LogP contribution in [0.5, 0.6) is 5.75 Å². The summed E-state index contributed by atoms with van der Waals surface area (Å²) in [5.74, 6) is 0.214. The van der Waals surface area contributed by atoms with Crippen molar-refractivity contribution >= 4 is 12.1 Å². The summed E-state index contributed by atoms with van der Waals surface area (Å²) < 4.78 is 21.5. The van der Waals surface area contributed by atoms with Gasteiger partial charge in [-0.3, -0.25) is 4.90 Å². The van der Waals surface area contributed by atoms with E-state index in [4.69, 9.17) is 18.9 Å². The Balaban J connectivity index is 3.25. The smallest absolute Gasteiger partial charge is 0.413 e. The van der Waals surface area contributed by atoms with Gasteiger partial charge in [0.15, 0.2) is 0 Å². The summed E-state index contributed by atoms with van der Waals surface area (Å²) in [4.78, 5) is 27.3. The summed E-state index contributed by atoms with van der Waals surface area (Å²) in [7, 11) is 3.06. The number of hydrogen-bond donors (Lipinski definition) is 0. The summed E-state index contributed by atoms with van der Waals surface area (Å²) in [6, 6.07) is 7.34. The molecule has 1 rings (SSSR count). The van der Waals surface area contributed by atoms with Crippen LogP contribution >= 0.6 is 0 Å². The number of hydrogen-bond acceptors (Lipinski definition) is 6. The van der Waals surface area contributed by atoms with E-state index in [-0.39, 0.29) is 13.2 Å². The van der Waals surface area contributed by atoms with Crippen LogP contribution in [0.4, 0.5) is 4.79 Å². The quantitative estimate of drug-likeness (QED) is 0.328. The van der Waals surface area contributed by atoms with E-state index in [0.717, 1.165) is 18.4 Å². The second-order valence-electron chi connectivity index (χ2n) is 8.11. The van der Waals surface area contributed by atoms with Crippen molar-refractivity contribution in [3.8, 4) is 5.75 Å². The highest BCUT2D eigenvalue weighted by molar-refractivity contribution is 5.86. The second kappa shape index (κ2) is 11.0. The van der Waals surface area contributed by atoms with E-state index in [0.29, 0.717) is 12.4 Å². The predicted octanol–water partition coefficient (Wildman–Crippen LogP) is 4.18. The van der Waals surface area contributed by atoms with Crippen LogP contribution in [-0.4, -0.2) is 55.7 Å². The van der Waals surface area contributed by atoms with E-state index in [2.05, 4.69) is 0 Å². The van der Waals surface area contributed by atoms with Crippen molar-refractivity contribution in [3.63, 3.8) is 0 Å². The summed E-state index contributed by atoms with van der Waals surface area (Å²) >= 11 is 0. The monoisotopic (exact) mass is 409 g/mol. The number of unbranched alkanes of at least 4 members (excludes halogenated alkanes) is 1. The first-order chi connectivity index (χ1) is 13.6. The largest absolute Gasteiger partial charge is 0.497 e. The number of nitrogens with zero attached hydrogens (tertiary/aromatic N) is 1. The van der Waals surface area contributed by atoms with Crippen molar-refractivity contribution in [1.82, 2.24) is 4.90 Å². The third kappa shape index (κ3) is 7.57. The Labute approximate surface area is 174 Å². The van der Waals surface area contributed by atoms with E-state index in [9.17, 15) is 9.59 Å². The van der Waals surface area contributed by atoms with Crippen LogP contribution in [0.15, 0.2) is 24.3 Å². The lowest BCUT2D eigenvalue weighted by Crippen LogP contribution is -2.58. The van der Waals surface area contributed by atoms with Gasteiger partial charge in [-0.1, -0.05) is 25.5 Å². The Hall–Kier alpha value is -2.28. The van der Waals surface area contributed by atoms with Crippen LogP contribution in [0.25, 0.3) is 0 Å². The predicted molar refractivity (Wildman–Crippen MR) is 111 cm³/mol. The van der Waals surface area contributed by atoms with E-state index in [1.807, 2.05) is 31.2 Å². The summed E-state index contributed by atoms with van der Waals surface area (Å²) in [6.07, 6.45) is 1.25. The molecule has 0 N–H and O–H groups in total. The van der Waals surface area contributed by atoms with Gasteiger partial charge in [0, 0.05) is 13.5 Å². The second-order valence-corrected chi connectivity index (χ2v) is 8.11. The number of esters is 1. The van der Waals surface area contributed by atoms with Crippen LogP contribution in [0, 0.1) is 0 Å². The van der Waals surface area contributed by atoms with Crippen LogP contribution in [0.1, 0.15) is 53.0 Å². The maximum absolute atomic E-state index is 13.1. The number of rotatable bonds is 10. The average Bonchev–Trinajstić information content (AvgIpc) is 2.65. The van der Waals surface area contributed by atoms with Gasteiger partial charge in [-0.25, -0.2) is 9.59 Å². The van der Waals surface area contributed by atoms with Gasteiger partial charge in [0.05, 0.1) is 13.7 Å². The fraction of sp³-hybridized carbons (Fsp3) is 0.636. The van der Waals surface area contributed by atoms with Crippen LogP contribution in [-0.2, 0) is 25.4 Å². The molecule has 0 aliphatic carbocycles. The molecule has 0 bridgehead atoms. The fourth-order valence-corrected chi connectivity index (χ4v) is 2.73. The highest BCUT2D eigenvalue weighted by atomic mass is 16.6. The molecule has 0 unspecified atom stereocenters. The minimum Gasteiger partial charge on any atom is -0.497 e. The van der Waals surface area contributed by atoms with Gasteiger partial charge in [-0.2, -0.15) is 0 Å². The van der Waals surface area contributed by atoms with Gasteiger partial charge < -0.3 is 18.9 Å². The molecule has 0 spiro atoms. The lowest BCUT2D eigenvalue weighted by atomic mass is 9.91. The number of methoxy groups -OCH3 is 2. The van der Waals surface area contributed by atoms with Crippen molar-refractivity contribution in [2.75, 3.05) is 27.6 Å². The molecule has 0 aromatic heterocycles. The first-order valence-corrected chi connectivity index (χ1v) is 9.87. The van der Waals surface area contributed by atoms with E-state index in [1.54, 1.807) is 34.8 Å². The standard InChI is InChI=1S/C22H35NO6/c1-8-9-14-28-19(24)22(5,15-17-10-12-18(27-7)13-11-17)23(16-26-6)20(25)29-21(2,3)4/h10-13H,8-9,14-16H2,1-7H3/t22-/m0/s1. The minimum atomic E-state index is -1.30. The normalized spacial score (nSPS) is 13.3. The van der Waals surface area contributed by atoms with Crippen molar-refractivity contribution in [1.29, 1.82) is 0 Å². The van der Waals surface area contributed by atoms with Gasteiger partial charge in [-0.05, 0) is 51.8 Å². The summed E-state index contributed by atoms with van der Waals surface area (Å²) in [6.45, 7) is 9.20. The molecule has 0 aliphatic heterocycles. The Morgan fingerprint density at radius 1 is 1.03 bits per heavy atom.